The lowest BCUT2D eigenvalue weighted by Gasteiger charge is -2.24. The van der Waals surface area contributed by atoms with Crippen molar-refractivity contribution in [3.05, 3.63) is 35.9 Å². The zero-order chi connectivity index (χ0) is 12.7. The molecule has 0 saturated carbocycles. The summed E-state index contributed by atoms with van der Waals surface area (Å²) in [6.45, 7) is 3.92. The lowest BCUT2D eigenvalue weighted by molar-refractivity contribution is -0.0619. The summed E-state index contributed by atoms with van der Waals surface area (Å²) in [5, 5.41) is 9.82. The topological polar surface area (TPSA) is 29.5 Å². The molecule has 0 radical (unpaired) electrons. The molecule has 0 aromatic heterocycles. The highest BCUT2D eigenvalue weighted by atomic mass is 16.5. The van der Waals surface area contributed by atoms with E-state index in [9.17, 15) is 5.11 Å². The number of rotatable bonds is 6. The summed E-state index contributed by atoms with van der Waals surface area (Å²) in [5.41, 5.74) is 0.955. The number of hydrogen-bond acceptors (Lipinski definition) is 2. The van der Waals surface area contributed by atoms with Crippen LogP contribution in [0.5, 0.6) is 0 Å². The molecule has 0 spiro atoms. The minimum absolute atomic E-state index is 0.207. The summed E-state index contributed by atoms with van der Waals surface area (Å²) in [6.07, 6.45) is 5.86. The number of terminal acetylenes is 1. The first kappa shape index (κ1) is 13.8. The first-order valence-electron chi connectivity index (χ1n) is 6.07. The van der Waals surface area contributed by atoms with E-state index < -0.39 is 6.10 Å². The molecule has 3 atom stereocenters. The van der Waals surface area contributed by atoms with Crippen molar-refractivity contribution in [2.75, 3.05) is 0 Å². The molecule has 1 aromatic carbocycles. The van der Waals surface area contributed by atoms with Gasteiger partial charge in [-0.15, -0.1) is 6.42 Å². The van der Waals surface area contributed by atoms with Crippen molar-refractivity contribution in [2.24, 2.45) is 0 Å². The van der Waals surface area contributed by atoms with Crippen LogP contribution in [-0.4, -0.2) is 17.3 Å². The molecule has 0 heterocycles. The van der Waals surface area contributed by atoms with E-state index in [1.165, 1.54) is 0 Å². The molecule has 0 saturated heterocycles. The maximum absolute atomic E-state index is 9.82. The number of benzene rings is 1. The molecule has 0 aliphatic heterocycles. The summed E-state index contributed by atoms with van der Waals surface area (Å²) in [4.78, 5) is 0. The predicted molar refractivity (Wildman–Crippen MR) is 69.5 cm³/mol. The maximum atomic E-state index is 9.82. The average Bonchev–Trinajstić information content (AvgIpc) is 2.40. The van der Waals surface area contributed by atoms with Gasteiger partial charge in [0.1, 0.15) is 6.10 Å². The van der Waals surface area contributed by atoms with Gasteiger partial charge in [-0.2, -0.15) is 0 Å². The van der Waals surface area contributed by atoms with Gasteiger partial charge in [0.2, 0.25) is 0 Å². The van der Waals surface area contributed by atoms with Crippen molar-refractivity contribution in [3.63, 3.8) is 0 Å². The van der Waals surface area contributed by atoms with E-state index in [0.29, 0.717) is 6.42 Å². The Kier molecular flexibility index (Phi) is 5.76. The second-order valence-electron chi connectivity index (χ2n) is 4.02. The molecule has 1 aromatic rings. The van der Waals surface area contributed by atoms with Crippen LogP contribution in [0.3, 0.4) is 0 Å². The molecule has 0 bridgehead atoms. The second-order valence-corrected chi connectivity index (χ2v) is 4.02. The molecule has 2 nitrogen and oxygen atoms in total. The summed E-state index contributed by atoms with van der Waals surface area (Å²) in [7, 11) is 0. The van der Waals surface area contributed by atoms with Gasteiger partial charge >= 0.3 is 0 Å². The summed E-state index contributed by atoms with van der Waals surface area (Å²) >= 11 is 0. The molecule has 17 heavy (non-hydrogen) atoms. The molecule has 92 valence electrons. The smallest absolute Gasteiger partial charge is 0.143 e. The van der Waals surface area contributed by atoms with Gasteiger partial charge in [-0.3, -0.25) is 0 Å². The molecule has 1 rings (SSSR count). The molecule has 0 unspecified atom stereocenters. The minimum Gasteiger partial charge on any atom is -0.390 e. The van der Waals surface area contributed by atoms with Crippen molar-refractivity contribution in [2.45, 2.75) is 45.0 Å². The fourth-order valence-electron chi connectivity index (χ4n) is 1.74. The van der Waals surface area contributed by atoms with Crippen LogP contribution < -0.4 is 0 Å². The average molecular weight is 232 g/mol. The van der Waals surface area contributed by atoms with E-state index in [1.807, 2.05) is 44.2 Å². The first-order valence-corrected chi connectivity index (χ1v) is 6.07. The van der Waals surface area contributed by atoms with Crippen molar-refractivity contribution < 1.29 is 9.84 Å². The Morgan fingerprint density at radius 1 is 1.24 bits per heavy atom. The summed E-state index contributed by atoms with van der Waals surface area (Å²) in [5.74, 6) is 2.63. The van der Waals surface area contributed by atoms with Gasteiger partial charge in [0.25, 0.3) is 0 Å². The Labute approximate surface area is 104 Å². The van der Waals surface area contributed by atoms with E-state index in [-0.39, 0.29) is 12.2 Å². The minimum atomic E-state index is -0.459. The van der Waals surface area contributed by atoms with Crippen LogP contribution in [0, 0.1) is 12.3 Å². The van der Waals surface area contributed by atoms with Crippen molar-refractivity contribution in [3.8, 4) is 12.3 Å². The Morgan fingerprint density at radius 2 is 1.88 bits per heavy atom. The SMILES string of the molecule is C#C[C@@H](O[C@@H](CC)[C@H](O)CC)c1ccccc1. The third-order valence-corrected chi connectivity index (χ3v) is 2.81. The first-order chi connectivity index (χ1) is 8.22. The van der Waals surface area contributed by atoms with Gasteiger partial charge in [0.15, 0.2) is 0 Å². The zero-order valence-electron chi connectivity index (χ0n) is 10.5. The van der Waals surface area contributed by atoms with Crippen LogP contribution in [0.25, 0.3) is 0 Å². The van der Waals surface area contributed by atoms with E-state index in [0.717, 1.165) is 12.0 Å². The number of aliphatic hydroxyl groups is 1. The number of hydrogen-bond donors (Lipinski definition) is 1. The van der Waals surface area contributed by atoms with E-state index in [4.69, 9.17) is 11.2 Å². The molecule has 0 amide bonds. The van der Waals surface area contributed by atoms with Gasteiger partial charge < -0.3 is 9.84 Å². The van der Waals surface area contributed by atoms with Crippen molar-refractivity contribution >= 4 is 0 Å². The Balaban J connectivity index is 2.73. The van der Waals surface area contributed by atoms with Crippen LogP contribution in [0.1, 0.15) is 38.4 Å². The molecular weight excluding hydrogens is 212 g/mol. The predicted octanol–water partition coefficient (Wildman–Crippen LogP) is 2.93. The van der Waals surface area contributed by atoms with Crippen LogP contribution in [0.4, 0.5) is 0 Å². The molecule has 0 aliphatic carbocycles. The lowest BCUT2D eigenvalue weighted by Crippen LogP contribution is -2.29. The van der Waals surface area contributed by atoms with Crippen LogP contribution in [0.15, 0.2) is 30.3 Å². The molecular formula is C15H20O2. The standard InChI is InChI=1S/C15H20O2/c1-4-13(16)15(6-3)17-14(5-2)12-10-8-7-9-11-12/h2,7-11,13-16H,4,6H2,1,3H3/t13-,14-,15+/m1/s1. The van der Waals surface area contributed by atoms with E-state index in [1.54, 1.807) is 0 Å². The third-order valence-electron chi connectivity index (χ3n) is 2.81. The normalized spacial score (nSPS) is 15.9. The Hall–Kier alpha value is -1.30. The van der Waals surface area contributed by atoms with Gasteiger partial charge in [-0.25, -0.2) is 0 Å². The third kappa shape index (κ3) is 3.89. The van der Waals surface area contributed by atoms with Crippen LogP contribution in [0.2, 0.25) is 0 Å². The largest absolute Gasteiger partial charge is 0.390 e. The fourth-order valence-corrected chi connectivity index (χ4v) is 1.74. The Bertz CT molecular complexity index is 353. The molecule has 1 N–H and O–H groups in total. The second kappa shape index (κ2) is 7.11. The summed E-state index contributed by atoms with van der Waals surface area (Å²) < 4.78 is 5.80. The highest BCUT2D eigenvalue weighted by Gasteiger charge is 2.20. The quantitative estimate of drug-likeness (QED) is 0.764. The molecule has 0 fully saturated rings. The highest BCUT2D eigenvalue weighted by Crippen LogP contribution is 2.21. The molecule has 2 heteroatoms. The number of aliphatic hydroxyl groups excluding tert-OH is 1. The van der Waals surface area contributed by atoms with Gasteiger partial charge in [0.05, 0.1) is 12.2 Å². The fraction of sp³-hybridized carbons (Fsp3) is 0.467. The van der Waals surface area contributed by atoms with Crippen molar-refractivity contribution in [1.29, 1.82) is 0 Å². The summed E-state index contributed by atoms with van der Waals surface area (Å²) in [6, 6.07) is 9.68. The van der Waals surface area contributed by atoms with Crippen LogP contribution in [-0.2, 0) is 4.74 Å². The van der Waals surface area contributed by atoms with Crippen LogP contribution >= 0.6 is 0 Å². The maximum Gasteiger partial charge on any atom is 0.143 e. The Morgan fingerprint density at radius 3 is 2.35 bits per heavy atom. The zero-order valence-corrected chi connectivity index (χ0v) is 10.5. The van der Waals surface area contributed by atoms with Gasteiger partial charge in [-0.05, 0) is 18.4 Å². The van der Waals surface area contributed by atoms with Crippen molar-refractivity contribution in [1.82, 2.24) is 0 Å². The van der Waals surface area contributed by atoms with Gasteiger partial charge in [-0.1, -0.05) is 50.1 Å². The van der Waals surface area contributed by atoms with E-state index in [2.05, 4.69) is 5.92 Å². The highest BCUT2D eigenvalue weighted by molar-refractivity contribution is 5.23. The monoisotopic (exact) mass is 232 g/mol. The molecule has 0 aliphatic rings. The number of ether oxygens (including phenoxy) is 1. The lowest BCUT2D eigenvalue weighted by atomic mass is 10.1. The van der Waals surface area contributed by atoms with E-state index >= 15 is 0 Å². The van der Waals surface area contributed by atoms with Gasteiger partial charge in [0, 0.05) is 0 Å².